The molecule has 0 saturated carbocycles. The second-order valence-electron chi connectivity index (χ2n) is 13.3. The highest BCUT2D eigenvalue weighted by atomic mass is 28.3. The molecule has 0 amide bonds. The minimum absolute atomic E-state index is 0.0359. The standard InChI is InChI=1S/C51H36N4Si/c1-5-20-37(21-6-1)49-52-50(54-51(53-49)45-32-15-18-35-48(45)55-46-33-16-13-30-43(46)44-31-14-17-34-47(44)55)38-22-19-29-42(36-38)56(39-23-7-2-8-24-39,40-25-9-3-10-26-40)41-27-11-4-12-28-41/h1-36H/i1D,5D,6D,19D,20D,21D,22D,29D,36D. The summed E-state index contributed by atoms with van der Waals surface area (Å²) in [5.41, 5.74) is 2.51. The molecular formula is C51H36N4Si. The predicted octanol–water partition coefficient (Wildman–Crippen LogP) is 9.35. The number of benzene rings is 8. The van der Waals surface area contributed by atoms with Gasteiger partial charge in [0.05, 0.1) is 29.1 Å². The van der Waals surface area contributed by atoms with Gasteiger partial charge in [0, 0.05) is 27.5 Å². The van der Waals surface area contributed by atoms with Crippen LogP contribution in [0, 0.1) is 0 Å². The fourth-order valence-electron chi connectivity index (χ4n) is 7.76. The topological polar surface area (TPSA) is 43.6 Å². The maximum atomic E-state index is 10.3. The molecule has 0 aliphatic rings. The molecule has 0 N–H and O–H groups in total. The fourth-order valence-corrected chi connectivity index (χ4v) is 12.3. The Morgan fingerprint density at radius 1 is 0.393 bits per heavy atom. The average molecular weight is 742 g/mol. The van der Waals surface area contributed by atoms with E-state index in [0.29, 0.717) is 11.3 Å². The number of para-hydroxylation sites is 3. The monoisotopic (exact) mass is 741 g/mol. The molecule has 0 radical (unpaired) electrons. The molecule has 10 aromatic rings. The van der Waals surface area contributed by atoms with Crippen molar-refractivity contribution < 1.29 is 12.3 Å². The molecule has 0 aliphatic heterocycles. The molecule has 8 aromatic carbocycles. The number of hydrogen-bond acceptors (Lipinski definition) is 3. The van der Waals surface area contributed by atoms with Crippen LogP contribution in [-0.4, -0.2) is 27.6 Å². The van der Waals surface area contributed by atoms with Crippen molar-refractivity contribution in [1.82, 2.24) is 19.5 Å². The third-order valence-electron chi connectivity index (χ3n) is 10.2. The molecule has 5 heteroatoms. The van der Waals surface area contributed by atoms with E-state index >= 15 is 0 Å². The van der Waals surface area contributed by atoms with E-state index in [2.05, 4.69) is 16.7 Å². The highest BCUT2D eigenvalue weighted by molar-refractivity contribution is 7.19. The molecule has 2 aromatic heterocycles. The molecule has 2 heterocycles. The molecule has 0 bridgehead atoms. The van der Waals surface area contributed by atoms with Crippen molar-refractivity contribution in [2.75, 3.05) is 0 Å². The van der Waals surface area contributed by atoms with Crippen molar-refractivity contribution in [2.45, 2.75) is 0 Å². The Bertz CT molecular complexity index is 3320. The van der Waals surface area contributed by atoms with Gasteiger partial charge in [0.2, 0.25) is 0 Å². The maximum Gasteiger partial charge on any atom is 0.179 e. The lowest BCUT2D eigenvalue weighted by molar-refractivity contribution is 1.06. The van der Waals surface area contributed by atoms with Gasteiger partial charge in [0.15, 0.2) is 25.5 Å². The Labute approximate surface area is 339 Å². The van der Waals surface area contributed by atoms with Gasteiger partial charge in [0.1, 0.15) is 0 Å². The number of hydrogen-bond donors (Lipinski definition) is 0. The van der Waals surface area contributed by atoms with E-state index in [1.807, 2.05) is 152 Å². The van der Waals surface area contributed by atoms with Crippen molar-refractivity contribution in [2.24, 2.45) is 0 Å². The van der Waals surface area contributed by atoms with E-state index in [1.54, 1.807) is 0 Å². The van der Waals surface area contributed by atoms with Crippen LogP contribution in [0.5, 0.6) is 0 Å². The summed E-state index contributed by atoms with van der Waals surface area (Å²) in [4.78, 5) is 14.7. The van der Waals surface area contributed by atoms with Gasteiger partial charge in [-0.25, -0.2) is 15.0 Å². The molecule has 0 saturated heterocycles. The second kappa shape index (κ2) is 14.2. The van der Waals surface area contributed by atoms with Gasteiger partial charge >= 0.3 is 0 Å². The Balaban J connectivity index is 1.34. The van der Waals surface area contributed by atoms with Crippen LogP contribution in [0.3, 0.4) is 0 Å². The Hall–Kier alpha value is -7.21. The van der Waals surface area contributed by atoms with Crippen LogP contribution in [0.4, 0.5) is 0 Å². The van der Waals surface area contributed by atoms with E-state index in [1.165, 1.54) is 0 Å². The van der Waals surface area contributed by atoms with Crippen LogP contribution in [0.1, 0.15) is 12.3 Å². The molecule has 0 spiro atoms. The summed E-state index contributed by atoms with van der Waals surface area (Å²) in [6.45, 7) is 0. The summed E-state index contributed by atoms with van der Waals surface area (Å²) in [6.07, 6.45) is 0. The summed E-state index contributed by atoms with van der Waals surface area (Å²) in [5, 5.41) is 4.81. The third kappa shape index (κ3) is 5.65. The third-order valence-corrected chi connectivity index (χ3v) is 14.8. The van der Waals surface area contributed by atoms with Gasteiger partial charge in [-0.15, -0.1) is 0 Å². The summed E-state index contributed by atoms with van der Waals surface area (Å²) >= 11 is 0. The van der Waals surface area contributed by atoms with Crippen molar-refractivity contribution in [3.63, 3.8) is 0 Å². The first-order chi connectivity index (χ1) is 31.5. The minimum atomic E-state index is -3.68. The number of rotatable bonds is 8. The lowest BCUT2D eigenvalue weighted by Gasteiger charge is -2.34. The first-order valence-corrected chi connectivity index (χ1v) is 20.2. The van der Waals surface area contributed by atoms with E-state index in [-0.39, 0.29) is 45.9 Å². The molecule has 4 nitrogen and oxygen atoms in total. The number of nitrogens with zero attached hydrogens (tertiary/aromatic N) is 4. The zero-order chi connectivity index (χ0) is 45.1. The smallest absolute Gasteiger partial charge is 0.179 e. The average Bonchev–Trinajstić information content (AvgIpc) is 3.68. The summed E-state index contributed by atoms with van der Waals surface area (Å²) in [6, 6.07) is 48.2. The Morgan fingerprint density at radius 2 is 0.857 bits per heavy atom. The highest BCUT2D eigenvalue weighted by Gasteiger charge is 2.41. The highest BCUT2D eigenvalue weighted by Crippen LogP contribution is 2.36. The van der Waals surface area contributed by atoms with Crippen LogP contribution >= 0.6 is 0 Å². The normalized spacial score (nSPS) is 13.8. The first-order valence-electron chi connectivity index (χ1n) is 22.7. The number of fused-ring (bicyclic) bond motifs is 3. The SMILES string of the molecule is [2H]c1c([2H])c([2H])c(-c2nc(-c3ccccc3-n3c4ccccc4c4ccccc43)nc(-c3c([2H])c([2H])c([2H])c([Si](c4ccccc4)(c4ccccc4)c4ccccc4)c3[2H])n2)c([2H])c1[2H]. The first kappa shape index (κ1) is 25.0. The van der Waals surface area contributed by atoms with E-state index in [4.69, 9.17) is 21.8 Å². The Kier molecular flexibility index (Phi) is 6.34. The quantitative estimate of drug-likeness (QED) is 0.115. The van der Waals surface area contributed by atoms with Gasteiger partial charge < -0.3 is 4.57 Å². The fraction of sp³-hybridized carbons (Fsp3) is 0. The molecule has 0 unspecified atom stereocenters. The molecule has 0 atom stereocenters. The van der Waals surface area contributed by atoms with Gasteiger partial charge in [-0.05, 0) is 45.0 Å². The zero-order valence-corrected chi connectivity index (χ0v) is 30.9. The molecule has 56 heavy (non-hydrogen) atoms. The van der Waals surface area contributed by atoms with Gasteiger partial charge in [-0.2, -0.15) is 0 Å². The van der Waals surface area contributed by atoms with Crippen LogP contribution in [0.25, 0.3) is 61.7 Å². The Morgan fingerprint density at radius 3 is 1.45 bits per heavy atom. The van der Waals surface area contributed by atoms with Crippen LogP contribution in [0.2, 0.25) is 0 Å². The number of aromatic nitrogens is 4. The summed E-state index contributed by atoms with van der Waals surface area (Å²) in [5.74, 6) is -0.469. The lowest BCUT2D eigenvalue weighted by atomic mass is 10.1. The van der Waals surface area contributed by atoms with E-state index in [9.17, 15) is 5.48 Å². The predicted molar refractivity (Wildman–Crippen MR) is 234 cm³/mol. The van der Waals surface area contributed by atoms with Crippen LogP contribution in [0.15, 0.2) is 218 Å². The summed E-state index contributed by atoms with van der Waals surface area (Å²) in [7, 11) is -3.68. The van der Waals surface area contributed by atoms with Gasteiger partial charge in [-0.3, -0.25) is 0 Å². The molecule has 0 fully saturated rings. The van der Waals surface area contributed by atoms with E-state index in [0.717, 1.165) is 37.4 Å². The maximum absolute atomic E-state index is 10.3. The van der Waals surface area contributed by atoms with Crippen LogP contribution < -0.4 is 20.7 Å². The molecule has 10 rings (SSSR count). The van der Waals surface area contributed by atoms with Crippen molar-refractivity contribution in [3.8, 4) is 39.9 Å². The zero-order valence-electron chi connectivity index (χ0n) is 38.9. The molecule has 264 valence electrons. The van der Waals surface area contributed by atoms with Crippen molar-refractivity contribution >= 4 is 50.6 Å². The molecule has 0 aliphatic carbocycles. The van der Waals surface area contributed by atoms with Gasteiger partial charge in [0.25, 0.3) is 0 Å². The minimum Gasteiger partial charge on any atom is -0.309 e. The largest absolute Gasteiger partial charge is 0.309 e. The molecular weight excluding hydrogens is 697 g/mol. The van der Waals surface area contributed by atoms with Crippen molar-refractivity contribution in [3.05, 3.63) is 218 Å². The van der Waals surface area contributed by atoms with Crippen molar-refractivity contribution in [1.29, 1.82) is 0 Å². The van der Waals surface area contributed by atoms with Gasteiger partial charge in [-0.1, -0.05) is 194 Å². The lowest BCUT2D eigenvalue weighted by Crippen LogP contribution is -2.74. The van der Waals surface area contributed by atoms with Crippen LogP contribution in [-0.2, 0) is 0 Å². The summed E-state index contributed by atoms with van der Waals surface area (Å²) < 4.78 is 84.6. The van der Waals surface area contributed by atoms with E-state index < -0.39 is 50.4 Å². The second-order valence-corrected chi connectivity index (χ2v) is 17.0.